The van der Waals surface area contributed by atoms with Gasteiger partial charge >= 0.3 is 0 Å². The van der Waals surface area contributed by atoms with E-state index >= 15 is 0 Å². The number of benzene rings is 1. The summed E-state index contributed by atoms with van der Waals surface area (Å²) >= 11 is 0. The van der Waals surface area contributed by atoms with E-state index in [1.807, 2.05) is 0 Å². The molecule has 0 unspecified atom stereocenters. The summed E-state index contributed by atoms with van der Waals surface area (Å²) in [7, 11) is 0. The number of ketones is 1. The molecule has 0 aliphatic carbocycles. The van der Waals surface area contributed by atoms with Crippen molar-refractivity contribution in [2.24, 2.45) is 5.73 Å². The normalized spacial score (nSPS) is 13.2. The van der Waals surface area contributed by atoms with Crippen LogP contribution in [-0.4, -0.2) is 19.1 Å². The van der Waals surface area contributed by atoms with E-state index in [0.29, 0.717) is 5.75 Å². The second-order valence-electron chi connectivity index (χ2n) is 3.22. The summed E-state index contributed by atoms with van der Waals surface area (Å²) in [6.45, 7) is -0.350. The summed E-state index contributed by atoms with van der Waals surface area (Å²) in [6, 6.07) is 2.37. The Hall–Kier alpha value is -1.69. The maximum Gasteiger partial charge on any atom is 0.264 e. The van der Waals surface area contributed by atoms with Gasteiger partial charge in [-0.2, -0.15) is 0 Å². The quantitative estimate of drug-likeness (QED) is 0.798. The lowest BCUT2D eigenvalue weighted by molar-refractivity contribution is 0.0987. The van der Waals surface area contributed by atoms with Gasteiger partial charge in [-0.1, -0.05) is 0 Å². The average Bonchev–Trinajstić information content (AvgIpc) is 2.73. The van der Waals surface area contributed by atoms with Crippen molar-refractivity contribution in [3.05, 3.63) is 23.3 Å². The number of ether oxygens (including phenoxy) is 2. The van der Waals surface area contributed by atoms with E-state index < -0.39 is 12.2 Å². The van der Waals surface area contributed by atoms with Gasteiger partial charge in [-0.3, -0.25) is 4.79 Å². The predicted octanol–water partition coefficient (Wildman–Crippen LogP) is 1.49. The Balaban J connectivity index is 2.53. The second kappa shape index (κ2) is 4.05. The highest BCUT2D eigenvalue weighted by atomic mass is 19.3. The van der Waals surface area contributed by atoms with Crippen LogP contribution in [0, 0.1) is 0 Å². The molecule has 0 saturated carbocycles. The molecular weight excluding hydrogens is 220 g/mol. The van der Waals surface area contributed by atoms with Gasteiger partial charge in [-0.15, -0.1) is 0 Å². The van der Waals surface area contributed by atoms with Crippen molar-refractivity contribution >= 4 is 5.78 Å². The predicted molar refractivity (Wildman–Crippen MR) is 50.9 cm³/mol. The van der Waals surface area contributed by atoms with Crippen molar-refractivity contribution in [3.8, 4) is 11.5 Å². The Labute approximate surface area is 89.9 Å². The van der Waals surface area contributed by atoms with E-state index in [9.17, 15) is 13.6 Å². The lowest BCUT2D eigenvalue weighted by atomic mass is 10.0. The van der Waals surface area contributed by atoms with Crippen molar-refractivity contribution < 1.29 is 23.0 Å². The molecule has 0 aromatic heterocycles. The molecule has 0 bridgehead atoms. The van der Waals surface area contributed by atoms with Crippen molar-refractivity contribution in [1.82, 2.24) is 0 Å². The number of halogens is 2. The smallest absolute Gasteiger partial charge is 0.264 e. The van der Waals surface area contributed by atoms with Gasteiger partial charge in [0, 0.05) is 11.1 Å². The third kappa shape index (κ3) is 1.71. The highest BCUT2D eigenvalue weighted by molar-refractivity contribution is 5.99. The molecule has 0 amide bonds. The molecule has 0 radical (unpaired) electrons. The molecule has 0 saturated heterocycles. The van der Waals surface area contributed by atoms with Gasteiger partial charge in [0.05, 0.1) is 6.54 Å². The number of nitrogens with two attached hydrogens (primary N) is 1. The van der Waals surface area contributed by atoms with Gasteiger partial charge in [0.2, 0.25) is 6.79 Å². The van der Waals surface area contributed by atoms with E-state index in [-0.39, 0.29) is 30.2 Å². The Kier molecular flexibility index (Phi) is 2.74. The van der Waals surface area contributed by atoms with Crippen molar-refractivity contribution in [1.29, 1.82) is 0 Å². The van der Waals surface area contributed by atoms with Crippen LogP contribution in [0.4, 0.5) is 8.78 Å². The number of carbonyl (C=O) groups excluding carboxylic acids is 1. The minimum absolute atomic E-state index is 0.0295. The van der Waals surface area contributed by atoms with Crippen LogP contribution in [0.3, 0.4) is 0 Å². The first-order valence-electron chi connectivity index (χ1n) is 4.58. The molecule has 2 rings (SSSR count). The van der Waals surface area contributed by atoms with Gasteiger partial charge < -0.3 is 15.2 Å². The van der Waals surface area contributed by atoms with Crippen LogP contribution < -0.4 is 15.2 Å². The SMILES string of the molecule is NCC(=O)c1cc2c(cc1C(F)F)OCO2. The average molecular weight is 229 g/mol. The van der Waals surface area contributed by atoms with Gasteiger partial charge in [0.1, 0.15) is 0 Å². The summed E-state index contributed by atoms with van der Waals surface area (Å²) < 4.78 is 35.4. The molecule has 16 heavy (non-hydrogen) atoms. The Bertz CT molecular complexity index is 434. The van der Waals surface area contributed by atoms with Crippen LogP contribution in [0.25, 0.3) is 0 Å². The van der Waals surface area contributed by atoms with E-state index in [1.165, 1.54) is 6.07 Å². The third-order valence-corrected chi connectivity index (χ3v) is 2.27. The minimum atomic E-state index is -2.75. The van der Waals surface area contributed by atoms with E-state index in [4.69, 9.17) is 15.2 Å². The fraction of sp³-hybridized carbons (Fsp3) is 0.300. The maximum atomic E-state index is 12.7. The second-order valence-corrected chi connectivity index (χ2v) is 3.22. The first-order chi connectivity index (χ1) is 7.63. The molecule has 6 heteroatoms. The van der Waals surface area contributed by atoms with Gasteiger partial charge in [0.15, 0.2) is 17.3 Å². The standard InChI is InChI=1S/C10H9F2NO3/c11-10(12)6-2-9-8(15-4-16-9)1-5(6)7(14)3-13/h1-2,10H,3-4,13H2. The maximum absolute atomic E-state index is 12.7. The van der Waals surface area contributed by atoms with Crippen LogP contribution in [0.5, 0.6) is 11.5 Å². The number of Topliss-reactive ketones (excluding diaryl/α,β-unsaturated/α-hetero) is 1. The van der Waals surface area contributed by atoms with Crippen molar-refractivity contribution in [2.45, 2.75) is 6.43 Å². The van der Waals surface area contributed by atoms with Crippen molar-refractivity contribution in [2.75, 3.05) is 13.3 Å². The number of rotatable bonds is 3. The van der Waals surface area contributed by atoms with Crippen LogP contribution >= 0.6 is 0 Å². The third-order valence-electron chi connectivity index (χ3n) is 2.27. The molecule has 0 spiro atoms. The fourth-order valence-electron chi connectivity index (χ4n) is 1.49. The number of fused-ring (bicyclic) bond motifs is 1. The summed E-state index contributed by atoms with van der Waals surface area (Å²) in [5.74, 6) is -0.0290. The number of hydrogen-bond donors (Lipinski definition) is 1. The van der Waals surface area contributed by atoms with Gasteiger partial charge in [-0.05, 0) is 12.1 Å². The molecule has 1 aliphatic heterocycles. The number of carbonyl (C=O) groups is 1. The molecule has 4 nitrogen and oxygen atoms in total. The molecular formula is C10H9F2NO3. The summed E-state index contributed by atoms with van der Waals surface area (Å²) in [4.78, 5) is 11.4. The Morgan fingerprint density at radius 1 is 1.38 bits per heavy atom. The molecule has 0 fully saturated rings. The largest absolute Gasteiger partial charge is 0.454 e. The van der Waals surface area contributed by atoms with E-state index in [0.717, 1.165) is 6.07 Å². The molecule has 86 valence electrons. The molecule has 0 atom stereocenters. The summed E-state index contributed by atoms with van der Waals surface area (Å²) in [5, 5.41) is 0. The molecule has 1 aromatic carbocycles. The first-order valence-corrected chi connectivity index (χ1v) is 4.58. The van der Waals surface area contributed by atoms with Crippen LogP contribution in [0.2, 0.25) is 0 Å². The van der Waals surface area contributed by atoms with Gasteiger partial charge in [-0.25, -0.2) is 8.78 Å². The summed E-state index contributed by atoms with van der Waals surface area (Å²) in [5.41, 5.74) is 4.67. The zero-order valence-corrected chi connectivity index (χ0v) is 8.20. The molecule has 1 heterocycles. The molecule has 1 aromatic rings. The molecule has 1 aliphatic rings. The van der Waals surface area contributed by atoms with Crippen LogP contribution in [0.1, 0.15) is 22.3 Å². The number of hydrogen-bond acceptors (Lipinski definition) is 4. The van der Waals surface area contributed by atoms with E-state index in [2.05, 4.69) is 0 Å². The Morgan fingerprint density at radius 3 is 2.56 bits per heavy atom. The number of alkyl halides is 2. The lowest BCUT2D eigenvalue weighted by Gasteiger charge is -2.08. The Morgan fingerprint density at radius 2 is 2.00 bits per heavy atom. The molecule has 2 N–H and O–H groups in total. The highest BCUT2D eigenvalue weighted by Crippen LogP contribution is 2.38. The summed E-state index contributed by atoms with van der Waals surface area (Å²) in [6.07, 6.45) is -2.75. The first kappa shape index (κ1) is 10.8. The van der Waals surface area contributed by atoms with Crippen LogP contribution in [0.15, 0.2) is 12.1 Å². The van der Waals surface area contributed by atoms with E-state index in [1.54, 1.807) is 0 Å². The minimum Gasteiger partial charge on any atom is -0.454 e. The van der Waals surface area contributed by atoms with Gasteiger partial charge in [0.25, 0.3) is 6.43 Å². The fourth-order valence-corrected chi connectivity index (χ4v) is 1.49. The monoisotopic (exact) mass is 229 g/mol. The topological polar surface area (TPSA) is 61.6 Å². The zero-order valence-electron chi connectivity index (χ0n) is 8.20. The van der Waals surface area contributed by atoms with Crippen molar-refractivity contribution in [3.63, 3.8) is 0 Å². The zero-order chi connectivity index (χ0) is 11.7. The highest BCUT2D eigenvalue weighted by Gasteiger charge is 2.24. The van der Waals surface area contributed by atoms with Crippen LogP contribution in [-0.2, 0) is 0 Å². The lowest BCUT2D eigenvalue weighted by Crippen LogP contribution is -2.15.